The van der Waals surface area contributed by atoms with Crippen LogP contribution in [0.2, 0.25) is 0 Å². The van der Waals surface area contributed by atoms with Crippen molar-refractivity contribution >= 4 is 11.0 Å². The quantitative estimate of drug-likeness (QED) is 0.764. The maximum absolute atomic E-state index is 12.3. The van der Waals surface area contributed by atoms with Crippen molar-refractivity contribution in [2.24, 2.45) is 5.92 Å². The third kappa shape index (κ3) is 5.06. The van der Waals surface area contributed by atoms with E-state index in [-0.39, 0.29) is 16.7 Å². The minimum atomic E-state index is -1.11. The first-order valence-electron chi connectivity index (χ1n) is 6.85. The Bertz CT molecular complexity index is 454. The highest BCUT2D eigenvalue weighted by molar-refractivity contribution is 7.84. The predicted octanol–water partition coefficient (Wildman–Crippen LogP) is 3.64. The maximum atomic E-state index is 12.3. The molecule has 0 aliphatic heterocycles. The Morgan fingerprint density at radius 2 is 1.75 bits per heavy atom. The second-order valence-corrected chi connectivity index (χ2v) is 7.84. The first-order valence-corrected chi connectivity index (χ1v) is 8.00. The van der Waals surface area contributed by atoms with Crippen LogP contribution in [0.15, 0.2) is 55.6 Å². The van der Waals surface area contributed by atoms with Gasteiger partial charge in [0, 0.05) is 12.0 Å². The third-order valence-electron chi connectivity index (χ3n) is 3.12. The van der Waals surface area contributed by atoms with E-state index >= 15 is 0 Å². The smallest absolute Gasteiger partial charge is 0.0973 e. The SMILES string of the molecule is C=CC(C=C)[C@H](Cc1ccccc1)NS(=O)C(C)(C)C. The van der Waals surface area contributed by atoms with Gasteiger partial charge in [0.2, 0.25) is 0 Å². The number of benzene rings is 1. The van der Waals surface area contributed by atoms with Gasteiger partial charge in [-0.25, -0.2) is 8.93 Å². The van der Waals surface area contributed by atoms with Crippen LogP contribution in [0.1, 0.15) is 26.3 Å². The minimum Gasteiger partial charge on any atom is -0.242 e. The molecule has 1 unspecified atom stereocenters. The van der Waals surface area contributed by atoms with Crippen molar-refractivity contribution in [3.8, 4) is 0 Å². The molecule has 0 aromatic heterocycles. The molecule has 0 aliphatic rings. The molecular formula is C17H25NOS. The van der Waals surface area contributed by atoms with Crippen molar-refractivity contribution in [1.82, 2.24) is 4.72 Å². The van der Waals surface area contributed by atoms with Gasteiger partial charge in [0.15, 0.2) is 0 Å². The van der Waals surface area contributed by atoms with Crippen molar-refractivity contribution in [3.05, 3.63) is 61.2 Å². The van der Waals surface area contributed by atoms with Gasteiger partial charge in [-0.2, -0.15) is 0 Å². The zero-order valence-corrected chi connectivity index (χ0v) is 13.5. The van der Waals surface area contributed by atoms with E-state index in [0.717, 1.165) is 6.42 Å². The van der Waals surface area contributed by atoms with Gasteiger partial charge in [-0.15, -0.1) is 13.2 Å². The average molecular weight is 291 g/mol. The van der Waals surface area contributed by atoms with Crippen molar-refractivity contribution in [3.63, 3.8) is 0 Å². The summed E-state index contributed by atoms with van der Waals surface area (Å²) in [5.74, 6) is 0.0847. The summed E-state index contributed by atoms with van der Waals surface area (Å²) in [6.45, 7) is 13.6. The molecule has 0 bridgehead atoms. The lowest BCUT2D eigenvalue weighted by Crippen LogP contribution is -2.43. The molecule has 1 rings (SSSR count). The van der Waals surface area contributed by atoms with Gasteiger partial charge in [-0.3, -0.25) is 0 Å². The van der Waals surface area contributed by atoms with E-state index in [2.05, 4.69) is 30.0 Å². The summed E-state index contributed by atoms with van der Waals surface area (Å²) < 4.78 is 15.3. The Morgan fingerprint density at radius 3 is 2.20 bits per heavy atom. The topological polar surface area (TPSA) is 29.1 Å². The molecular weight excluding hydrogens is 266 g/mol. The lowest BCUT2D eigenvalue weighted by molar-refractivity contribution is 0.524. The summed E-state index contributed by atoms with van der Waals surface area (Å²) in [7, 11) is -1.11. The first kappa shape index (κ1) is 16.9. The van der Waals surface area contributed by atoms with Gasteiger partial charge in [0.25, 0.3) is 0 Å². The van der Waals surface area contributed by atoms with Gasteiger partial charge in [-0.1, -0.05) is 42.5 Å². The van der Waals surface area contributed by atoms with Crippen LogP contribution in [-0.4, -0.2) is 15.0 Å². The van der Waals surface area contributed by atoms with Crippen LogP contribution in [0, 0.1) is 5.92 Å². The van der Waals surface area contributed by atoms with E-state index < -0.39 is 11.0 Å². The molecule has 20 heavy (non-hydrogen) atoms. The van der Waals surface area contributed by atoms with E-state index in [4.69, 9.17) is 0 Å². The Balaban J connectivity index is 2.88. The second-order valence-electron chi connectivity index (χ2n) is 5.84. The van der Waals surface area contributed by atoms with E-state index in [0.29, 0.717) is 0 Å². The summed E-state index contributed by atoms with van der Waals surface area (Å²) >= 11 is 0. The molecule has 110 valence electrons. The number of nitrogens with one attached hydrogen (secondary N) is 1. The van der Waals surface area contributed by atoms with Gasteiger partial charge in [0.1, 0.15) is 0 Å². The average Bonchev–Trinajstić information content (AvgIpc) is 2.40. The fourth-order valence-electron chi connectivity index (χ4n) is 1.86. The molecule has 0 amide bonds. The molecule has 1 aromatic carbocycles. The molecule has 0 saturated heterocycles. The van der Waals surface area contributed by atoms with Crippen LogP contribution in [0.3, 0.4) is 0 Å². The molecule has 2 atom stereocenters. The predicted molar refractivity (Wildman–Crippen MR) is 88.8 cm³/mol. The zero-order valence-electron chi connectivity index (χ0n) is 12.6. The maximum Gasteiger partial charge on any atom is 0.0973 e. The van der Waals surface area contributed by atoms with Crippen LogP contribution >= 0.6 is 0 Å². The summed E-state index contributed by atoms with van der Waals surface area (Å²) in [5, 5.41) is 0. The van der Waals surface area contributed by atoms with E-state index in [1.165, 1.54) is 5.56 Å². The largest absolute Gasteiger partial charge is 0.242 e. The molecule has 3 heteroatoms. The zero-order chi connectivity index (χ0) is 15.2. The fourth-order valence-corrected chi connectivity index (χ4v) is 2.73. The molecule has 0 radical (unpaired) electrons. The van der Waals surface area contributed by atoms with Crippen LogP contribution in [0.5, 0.6) is 0 Å². The van der Waals surface area contributed by atoms with E-state index in [1.54, 1.807) is 0 Å². The lowest BCUT2D eigenvalue weighted by atomic mass is 9.94. The molecule has 0 heterocycles. The van der Waals surface area contributed by atoms with Gasteiger partial charge in [-0.05, 0) is 32.8 Å². The lowest BCUT2D eigenvalue weighted by Gasteiger charge is -2.27. The monoisotopic (exact) mass is 291 g/mol. The van der Waals surface area contributed by atoms with Crippen molar-refractivity contribution in [2.75, 3.05) is 0 Å². The third-order valence-corrected chi connectivity index (χ3v) is 4.75. The fraction of sp³-hybridized carbons (Fsp3) is 0.412. The first-order chi connectivity index (χ1) is 9.38. The molecule has 0 fully saturated rings. The highest BCUT2D eigenvalue weighted by Gasteiger charge is 2.25. The van der Waals surface area contributed by atoms with Crippen molar-refractivity contribution in [1.29, 1.82) is 0 Å². The summed E-state index contributed by atoms with van der Waals surface area (Å²) in [6.07, 6.45) is 4.51. The van der Waals surface area contributed by atoms with Crippen LogP contribution in [0.25, 0.3) is 0 Å². The van der Waals surface area contributed by atoms with Crippen LogP contribution < -0.4 is 4.72 Å². The second kappa shape index (κ2) is 7.55. The summed E-state index contributed by atoms with van der Waals surface area (Å²) in [5.41, 5.74) is 1.21. The Morgan fingerprint density at radius 1 is 1.20 bits per heavy atom. The molecule has 0 aliphatic carbocycles. The van der Waals surface area contributed by atoms with Crippen molar-refractivity contribution in [2.45, 2.75) is 38.0 Å². The molecule has 1 aromatic rings. The molecule has 0 saturated carbocycles. The Labute approximate surface area is 125 Å². The summed E-state index contributed by atoms with van der Waals surface area (Å²) in [4.78, 5) is 0. The minimum absolute atomic E-state index is 0.0347. The van der Waals surface area contributed by atoms with Crippen LogP contribution in [-0.2, 0) is 17.4 Å². The van der Waals surface area contributed by atoms with E-state index in [9.17, 15) is 4.21 Å². The Hall–Kier alpha value is -1.19. The molecule has 2 nitrogen and oxygen atoms in total. The standard InChI is InChI=1S/C17H25NOS/c1-6-15(7-2)16(18-20(19)17(3,4)5)13-14-11-9-8-10-12-14/h6-12,15-16,18H,1-2,13H2,3-5H3/t16-,20?/m0/s1. The number of hydrogen-bond donors (Lipinski definition) is 1. The van der Waals surface area contributed by atoms with E-state index in [1.807, 2.05) is 51.1 Å². The molecule has 0 spiro atoms. The number of hydrogen-bond acceptors (Lipinski definition) is 1. The van der Waals surface area contributed by atoms with Crippen LogP contribution in [0.4, 0.5) is 0 Å². The Kier molecular flexibility index (Phi) is 6.37. The molecule has 1 N–H and O–H groups in total. The van der Waals surface area contributed by atoms with Gasteiger partial charge < -0.3 is 0 Å². The van der Waals surface area contributed by atoms with Gasteiger partial charge in [0.05, 0.1) is 15.7 Å². The highest BCUT2D eigenvalue weighted by atomic mass is 32.2. The number of rotatable bonds is 7. The summed E-state index contributed by atoms with van der Waals surface area (Å²) in [6, 6.07) is 10.2. The van der Waals surface area contributed by atoms with Crippen molar-refractivity contribution < 1.29 is 4.21 Å². The highest BCUT2D eigenvalue weighted by Crippen LogP contribution is 2.17. The normalized spacial score (nSPS) is 14.8. The van der Waals surface area contributed by atoms with Gasteiger partial charge >= 0.3 is 0 Å².